The number of carbonyl (C=O) groups excluding carboxylic acids is 1. The van der Waals surface area contributed by atoms with Gasteiger partial charge >= 0.3 is 0 Å². The fourth-order valence-corrected chi connectivity index (χ4v) is 1.50. The van der Waals surface area contributed by atoms with Crippen LogP contribution in [0, 0.1) is 17.2 Å². The van der Waals surface area contributed by atoms with Crippen molar-refractivity contribution in [2.75, 3.05) is 6.61 Å². The van der Waals surface area contributed by atoms with Crippen LogP contribution < -0.4 is 5.32 Å². The quantitative estimate of drug-likeness (QED) is 0.692. The Morgan fingerprint density at radius 1 is 1.56 bits per heavy atom. The molecule has 0 spiro atoms. The monoisotopic (exact) mass is 226 g/mol. The van der Waals surface area contributed by atoms with Gasteiger partial charge in [0.2, 0.25) is 5.91 Å². The molecular weight excluding hydrogens is 204 g/mol. The Labute approximate surface area is 97.7 Å². The third kappa shape index (κ3) is 4.63. The normalized spacial score (nSPS) is 15.9. The van der Waals surface area contributed by atoms with Crippen molar-refractivity contribution in [1.82, 2.24) is 5.32 Å². The number of nitriles is 1. The molecule has 2 N–H and O–H groups in total. The van der Waals surface area contributed by atoms with Gasteiger partial charge in [-0.3, -0.25) is 4.79 Å². The molecule has 2 atom stereocenters. The zero-order valence-electron chi connectivity index (χ0n) is 10.4. The van der Waals surface area contributed by atoms with Crippen molar-refractivity contribution in [3.05, 3.63) is 0 Å². The summed E-state index contributed by atoms with van der Waals surface area (Å²) in [6.45, 7) is 5.83. The van der Waals surface area contributed by atoms with Gasteiger partial charge in [-0.05, 0) is 26.2 Å². The van der Waals surface area contributed by atoms with Gasteiger partial charge in [-0.25, -0.2) is 0 Å². The van der Waals surface area contributed by atoms with E-state index in [1.54, 1.807) is 0 Å². The lowest BCUT2D eigenvalue weighted by molar-refractivity contribution is -0.125. The summed E-state index contributed by atoms with van der Waals surface area (Å²) in [6, 6.07) is 2.02. The molecule has 0 rings (SSSR count). The number of nitrogens with one attached hydrogen (secondary N) is 1. The highest BCUT2D eigenvalue weighted by molar-refractivity contribution is 5.81. The molecule has 0 heterocycles. The van der Waals surface area contributed by atoms with Crippen LogP contribution in [0.2, 0.25) is 0 Å². The Morgan fingerprint density at radius 2 is 2.19 bits per heavy atom. The van der Waals surface area contributed by atoms with Gasteiger partial charge in [0.25, 0.3) is 0 Å². The van der Waals surface area contributed by atoms with Gasteiger partial charge in [-0.2, -0.15) is 5.26 Å². The largest absolute Gasteiger partial charge is 0.396 e. The highest BCUT2D eigenvalue weighted by Gasteiger charge is 2.27. The van der Waals surface area contributed by atoms with E-state index in [1.165, 1.54) is 0 Å². The standard InChI is InChI=1S/C12H22N2O2/c1-4-6-10(9-13)11(16)14-12(3,5-2)7-8-15/h10,15H,4-8H2,1-3H3,(H,14,16). The summed E-state index contributed by atoms with van der Waals surface area (Å²) < 4.78 is 0. The van der Waals surface area contributed by atoms with E-state index >= 15 is 0 Å². The Bertz CT molecular complexity index is 260. The molecule has 2 unspecified atom stereocenters. The molecule has 0 saturated carbocycles. The molecule has 0 aliphatic heterocycles. The maximum atomic E-state index is 11.8. The molecule has 0 bridgehead atoms. The van der Waals surface area contributed by atoms with Crippen LogP contribution in [0.15, 0.2) is 0 Å². The fourth-order valence-electron chi connectivity index (χ4n) is 1.50. The molecular formula is C12H22N2O2. The number of rotatable bonds is 7. The average Bonchev–Trinajstić information content (AvgIpc) is 2.25. The number of aliphatic hydroxyl groups excluding tert-OH is 1. The van der Waals surface area contributed by atoms with Crippen LogP contribution >= 0.6 is 0 Å². The van der Waals surface area contributed by atoms with E-state index in [-0.39, 0.29) is 12.5 Å². The number of aliphatic hydroxyl groups is 1. The second-order valence-electron chi connectivity index (χ2n) is 4.35. The van der Waals surface area contributed by atoms with Gasteiger partial charge < -0.3 is 10.4 Å². The maximum absolute atomic E-state index is 11.8. The van der Waals surface area contributed by atoms with Crippen LogP contribution in [0.3, 0.4) is 0 Å². The predicted octanol–water partition coefficient (Wildman–Crippen LogP) is 1.59. The van der Waals surface area contributed by atoms with Crippen molar-refractivity contribution in [3.63, 3.8) is 0 Å². The first-order valence-corrected chi connectivity index (χ1v) is 5.85. The highest BCUT2D eigenvalue weighted by Crippen LogP contribution is 2.16. The smallest absolute Gasteiger partial charge is 0.237 e. The Hall–Kier alpha value is -1.08. The van der Waals surface area contributed by atoms with Gasteiger partial charge in [0.05, 0.1) is 6.07 Å². The Morgan fingerprint density at radius 3 is 2.56 bits per heavy atom. The molecule has 16 heavy (non-hydrogen) atoms. The van der Waals surface area contributed by atoms with Crippen LogP contribution in [-0.4, -0.2) is 23.2 Å². The van der Waals surface area contributed by atoms with Gasteiger partial charge in [-0.1, -0.05) is 20.3 Å². The molecule has 0 aromatic heterocycles. The van der Waals surface area contributed by atoms with E-state index in [1.807, 2.05) is 26.8 Å². The van der Waals surface area contributed by atoms with Gasteiger partial charge in [0.1, 0.15) is 5.92 Å². The average molecular weight is 226 g/mol. The fraction of sp³-hybridized carbons (Fsp3) is 0.833. The predicted molar refractivity (Wildman–Crippen MR) is 62.6 cm³/mol. The van der Waals surface area contributed by atoms with E-state index in [0.717, 1.165) is 12.8 Å². The SMILES string of the molecule is CCCC(C#N)C(=O)NC(C)(CC)CCO. The van der Waals surface area contributed by atoms with E-state index in [0.29, 0.717) is 12.8 Å². The molecule has 0 aromatic carbocycles. The summed E-state index contributed by atoms with van der Waals surface area (Å²) in [5, 5.41) is 20.7. The minimum Gasteiger partial charge on any atom is -0.396 e. The van der Waals surface area contributed by atoms with Crippen LogP contribution in [0.25, 0.3) is 0 Å². The number of hydrogen-bond donors (Lipinski definition) is 2. The van der Waals surface area contributed by atoms with Crippen LogP contribution in [-0.2, 0) is 4.79 Å². The van der Waals surface area contributed by atoms with Crippen molar-refractivity contribution < 1.29 is 9.90 Å². The minimum atomic E-state index is -0.574. The molecule has 1 amide bonds. The van der Waals surface area contributed by atoms with Crippen molar-refractivity contribution in [2.45, 2.75) is 52.0 Å². The van der Waals surface area contributed by atoms with Gasteiger partial charge in [0.15, 0.2) is 0 Å². The van der Waals surface area contributed by atoms with Crippen molar-refractivity contribution in [3.8, 4) is 6.07 Å². The van der Waals surface area contributed by atoms with Crippen LogP contribution in [0.5, 0.6) is 0 Å². The molecule has 0 saturated heterocycles. The van der Waals surface area contributed by atoms with Crippen molar-refractivity contribution >= 4 is 5.91 Å². The van der Waals surface area contributed by atoms with Gasteiger partial charge in [0, 0.05) is 12.1 Å². The molecule has 4 nitrogen and oxygen atoms in total. The number of hydrogen-bond acceptors (Lipinski definition) is 3. The Kier molecular flexibility index (Phi) is 6.75. The molecule has 0 radical (unpaired) electrons. The zero-order chi connectivity index (χ0) is 12.6. The summed E-state index contributed by atoms with van der Waals surface area (Å²) in [5.41, 5.74) is -0.408. The summed E-state index contributed by atoms with van der Waals surface area (Å²) in [4.78, 5) is 11.8. The van der Waals surface area contributed by atoms with Gasteiger partial charge in [-0.15, -0.1) is 0 Å². The topological polar surface area (TPSA) is 73.1 Å². The van der Waals surface area contributed by atoms with Crippen LogP contribution in [0.1, 0.15) is 46.5 Å². The Balaban J connectivity index is 4.45. The lowest BCUT2D eigenvalue weighted by Crippen LogP contribution is -2.48. The van der Waals surface area contributed by atoms with Crippen molar-refractivity contribution in [2.24, 2.45) is 5.92 Å². The highest BCUT2D eigenvalue weighted by atomic mass is 16.3. The lowest BCUT2D eigenvalue weighted by Gasteiger charge is -2.29. The summed E-state index contributed by atoms with van der Waals surface area (Å²) in [7, 11) is 0. The van der Waals surface area contributed by atoms with E-state index in [4.69, 9.17) is 10.4 Å². The third-order valence-electron chi connectivity index (χ3n) is 2.92. The zero-order valence-corrected chi connectivity index (χ0v) is 10.4. The first kappa shape index (κ1) is 14.9. The number of carbonyl (C=O) groups is 1. The number of nitrogens with zero attached hydrogens (tertiary/aromatic N) is 1. The van der Waals surface area contributed by atoms with E-state index in [2.05, 4.69) is 5.32 Å². The summed E-state index contributed by atoms with van der Waals surface area (Å²) in [5.74, 6) is -0.795. The second-order valence-corrected chi connectivity index (χ2v) is 4.35. The molecule has 0 fully saturated rings. The summed E-state index contributed by atoms with van der Waals surface area (Å²) >= 11 is 0. The third-order valence-corrected chi connectivity index (χ3v) is 2.92. The van der Waals surface area contributed by atoms with E-state index < -0.39 is 11.5 Å². The number of amides is 1. The first-order valence-electron chi connectivity index (χ1n) is 5.85. The van der Waals surface area contributed by atoms with Crippen molar-refractivity contribution in [1.29, 1.82) is 5.26 Å². The molecule has 0 aliphatic carbocycles. The molecule has 4 heteroatoms. The summed E-state index contributed by atoms with van der Waals surface area (Å²) in [6.07, 6.45) is 2.65. The molecule has 0 aliphatic rings. The van der Waals surface area contributed by atoms with E-state index in [9.17, 15) is 4.79 Å². The lowest BCUT2D eigenvalue weighted by atomic mass is 9.93. The first-order chi connectivity index (χ1) is 7.52. The minimum absolute atomic E-state index is 0.0373. The molecule has 92 valence electrons. The maximum Gasteiger partial charge on any atom is 0.237 e. The van der Waals surface area contributed by atoms with Crippen LogP contribution in [0.4, 0.5) is 0 Å². The molecule has 0 aromatic rings. The second kappa shape index (κ2) is 7.24.